The molecule has 0 unspecified atom stereocenters. The summed E-state index contributed by atoms with van der Waals surface area (Å²) in [5, 5.41) is 23.1. The summed E-state index contributed by atoms with van der Waals surface area (Å²) in [7, 11) is 1.41. The molecule has 0 bridgehead atoms. The third kappa shape index (κ3) is 4.95. The standard InChI is InChI=1S/C26H24N2O7/c1-34-15-10-11-22(20(12-15)24(30)27-23(13-29)25(31)32)28-26(33)35-14-21-18-8-4-2-6-16(18)17-7-3-5-9-19(17)21/h2-12,21,23,29H,13-14H2,1H3,(H,27,30)(H,28,33)(H,31,32)/t23-/m1/s1. The number of rotatable bonds is 8. The van der Waals surface area contributed by atoms with Crippen molar-refractivity contribution in [1.29, 1.82) is 0 Å². The predicted molar refractivity (Wildman–Crippen MR) is 128 cm³/mol. The van der Waals surface area contributed by atoms with E-state index >= 15 is 0 Å². The van der Waals surface area contributed by atoms with Crippen LogP contribution in [0, 0.1) is 0 Å². The van der Waals surface area contributed by atoms with Gasteiger partial charge in [0.05, 0.1) is 25.0 Å². The molecule has 0 spiro atoms. The molecule has 0 radical (unpaired) electrons. The lowest BCUT2D eigenvalue weighted by molar-refractivity contribution is -0.140. The molecule has 2 amide bonds. The highest BCUT2D eigenvalue weighted by Gasteiger charge is 2.29. The van der Waals surface area contributed by atoms with Crippen LogP contribution >= 0.6 is 0 Å². The van der Waals surface area contributed by atoms with Gasteiger partial charge in [0.2, 0.25) is 0 Å². The van der Waals surface area contributed by atoms with Crippen molar-refractivity contribution >= 4 is 23.7 Å². The number of amides is 2. The van der Waals surface area contributed by atoms with Gasteiger partial charge in [-0.3, -0.25) is 10.1 Å². The number of aliphatic hydroxyl groups excluding tert-OH is 1. The summed E-state index contributed by atoms with van der Waals surface area (Å²) < 4.78 is 10.7. The normalized spacial score (nSPS) is 12.7. The first-order valence-corrected chi connectivity index (χ1v) is 10.9. The molecule has 180 valence electrons. The Bertz CT molecular complexity index is 1230. The van der Waals surface area contributed by atoms with Gasteiger partial charge >= 0.3 is 12.1 Å². The van der Waals surface area contributed by atoms with Crippen LogP contribution in [0.4, 0.5) is 10.5 Å². The van der Waals surface area contributed by atoms with Crippen molar-refractivity contribution < 1.29 is 34.1 Å². The Morgan fingerprint density at radius 1 is 0.971 bits per heavy atom. The summed E-state index contributed by atoms with van der Waals surface area (Å²) >= 11 is 0. The molecule has 0 heterocycles. The molecular formula is C26H24N2O7. The summed E-state index contributed by atoms with van der Waals surface area (Å²) in [6, 6.07) is 18.7. The van der Waals surface area contributed by atoms with Crippen LogP contribution in [0.5, 0.6) is 5.75 Å². The molecule has 9 heteroatoms. The van der Waals surface area contributed by atoms with E-state index in [0.717, 1.165) is 22.3 Å². The number of carboxylic acids is 1. The van der Waals surface area contributed by atoms with Crippen molar-refractivity contribution in [2.24, 2.45) is 0 Å². The number of ether oxygens (including phenoxy) is 2. The van der Waals surface area contributed by atoms with E-state index in [1.54, 1.807) is 0 Å². The molecule has 0 saturated carbocycles. The van der Waals surface area contributed by atoms with Gasteiger partial charge in [-0.25, -0.2) is 9.59 Å². The van der Waals surface area contributed by atoms with Crippen molar-refractivity contribution in [2.45, 2.75) is 12.0 Å². The van der Waals surface area contributed by atoms with Gasteiger partial charge in [-0.2, -0.15) is 0 Å². The van der Waals surface area contributed by atoms with E-state index in [9.17, 15) is 19.5 Å². The van der Waals surface area contributed by atoms with Gasteiger partial charge in [-0.15, -0.1) is 0 Å². The van der Waals surface area contributed by atoms with Gasteiger partial charge in [-0.1, -0.05) is 48.5 Å². The van der Waals surface area contributed by atoms with E-state index in [1.807, 2.05) is 48.5 Å². The third-order valence-corrected chi connectivity index (χ3v) is 5.84. The summed E-state index contributed by atoms with van der Waals surface area (Å²) in [5.74, 6) is -2.01. The van der Waals surface area contributed by atoms with Crippen LogP contribution in [-0.2, 0) is 9.53 Å². The number of nitrogens with one attached hydrogen (secondary N) is 2. The topological polar surface area (TPSA) is 134 Å². The molecule has 1 aliphatic carbocycles. The van der Waals surface area contributed by atoms with E-state index in [-0.39, 0.29) is 23.8 Å². The first kappa shape index (κ1) is 23.8. The van der Waals surface area contributed by atoms with Crippen molar-refractivity contribution in [3.05, 3.63) is 83.4 Å². The minimum Gasteiger partial charge on any atom is -0.497 e. The molecule has 1 aliphatic rings. The van der Waals surface area contributed by atoms with Gasteiger partial charge in [0.15, 0.2) is 6.04 Å². The van der Waals surface area contributed by atoms with Crippen LogP contribution in [0.25, 0.3) is 11.1 Å². The van der Waals surface area contributed by atoms with Crippen LogP contribution in [0.1, 0.15) is 27.4 Å². The highest BCUT2D eigenvalue weighted by atomic mass is 16.5. The van der Waals surface area contributed by atoms with E-state index in [1.165, 1.54) is 25.3 Å². The molecule has 4 N–H and O–H groups in total. The van der Waals surface area contributed by atoms with Gasteiger partial charge in [0.1, 0.15) is 12.4 Å². The average molecular weight is 476 g/mol. The molecule has 4 rings (SSSR count). The van der Waals surface area contributed by atoms with Crippen LogP contribution < -0.4 is 15.4 Å². The van der Waals surface area contributed by atoms with Crippen molar-refractivity contribution in [2.75, 3.05) is 25.6 Å². The highest BCUT2D eigenvalue weighted by molar-refractivity contribution is 6.04. The zero-order valence-corrected chi connectivity index (χ0v) is 18.9. The predicted octanol–water partition coefficient (Wildman–Crippen LogP) is 3.23. The summed E-state index contributed by atoms with van der Waals surface area (Å²) in [6.07, 6.45) is -0.775. The smallest absolute Gasteiger partial charge is 0.411 e. The molecule has 35 heavy (non-hydrogen) atoms. The second kappa shape index (κ2) is 10.3. The molecular weight excluding hydrogens is 452 g/mol. The molecule has 0 saturated heterocycles. The van der Waals surface area contributed by atoms with Crippen molar-refractivity contribution in [1.82, 2.24) is 5.32 Å². The number of methoxy groups -OCH3 is 1. The third-order valence-electron chi connectivity index (χ3n) is 5.84. The molecule has 3 aromatic carbocycles. The Kier molecular flexibility index (Phi) is 6.98. The molecule has 3 aromatic rings. The van der Waals surface area contributed by atoms with Crippen molar-refractivity contribution in [3.63, 3.8) is 0 Å². The Morgan fingerprint density at radius 3 is 2.17 bits per heavy atom. The SMILES string of the molecule is COc1ccc(NC(=O)OCC2c3ccccc3-c3ccccc32)c(C(=O)N[C@H](CO)C(=O)O)c1. The van der Waals surface area contributed by atoms with Gasteiger partial charge in [0.25, 0.3) is 5.91 Å². The number of hydrogen-bond acceptors (Lipinski definition) is 6. The maximum Gasteiger partial charge on any atom is 0.411 e. The first-order chi connectivity index (χ1) is 16.9. The molecule has 0 aliphatic heterocycles. The lowest BCUT2D eigenvalue weighted by Gasteiger charge is -2.17. The zero-order chi connectivity index (χ0) is 24.9. The van der Waals surface area contributed by atoms with E-state index < -0.39 is 30.6 Å². The van der Waals surface area contributed by atoms with E-state index in [2.05, 4.69) is 10.6 Å². The van der Waals surface area contributed by atoms with Crippen molar-refractivity contribution in [3.8, 4) is 16.9 Å². The molecule has 9 nitrogen and oxygen atoms in total. The van der Waals surface area contributed by atoms with E-state index in [4.69, 9.17) is 14.6 Å². The fourth-order valence-electron chi connectivity index (χ4n) is 4.11. The number of benzene rings is 3. The number of anilines is 1. The molecule has 0 fully saturated rings. The van der Waals surface area contributed by atoms with Gasteiger partial charge in [-0.05, 0) is 40.5 Å². The lowest BCUT2D eigenvalue weighted by Crippen LogP contribution is -2.43. The number of aliphatic hydroxyl groups is 1. The lowest BCUT2D eigenvalue weighted by atomic mass is 9.98. The number of aliphatic carboxylic acids is 1. The fourth-order valence-corrected chi connectivity index (χ4v) is 4.11. The van der Waals surface area contributed by atoms with E-state index in [0.29, 0.717) is 5.75 Å². The summed E-state index contributed by atoms with van der Waals surface area (Å²) in [5.41, 5.74) is 4.38. The Morgan fingerprint density at radius 2 is 1.60 bits per heavy atom. The fraction of sp³-hybridized carbons (Fsp3) is 0.192. The maximum atomic E-state index is 12.7. The number of carbonyl (C=O) groups excluding carboxylic acids is 2. The zero-order valence-electron chi connectivity index (χ0n) is 18.9. The van der Waals surface area contributed by atoms with Gasteiger partial charge in [0, 0.05) is 5.92 Å². The van der Waals surface area contributed by atoms with Crippen LogP contribution in [0.2, 0.25) is 0 Å². The summed E-state index contributed by atoms with van der Waals surface area (Å²) in [4.78, 5) is 36.6. The maximum absolute atomic E-state index is 12.7. The molecule has 1 atom stereocenters. The Balaban J connectivity index is 1.50. The number of hydrogen-bond donors (Lipinski definition) is 4. The second-order valence-corrected chi connectivity index (χ2v) is 7.91. The second-order valence-electron chi connectivity index (χ2n) is 7.91. The largest absolute Gasteiger partial charge is 0.497 e. The minimum absolute atomic E-state index is 0.0439. The molecule has 0 aromatic heterocycles. The van der Waals surface area contributed by atoms with Crippen LogP contribution in [0.15, 0.2) is 66.7 Å². The number of fused-ring (bicyclic) bond motifs is 3. The quantitative estimate of drug-likeness (QED) is 0.392. The number of carboxylic acid groups (broad SMARTS) is 1. The number of carbonyl (C=O) groups is 3. The monoisotopic (exact) mass is 476 g/mol. The van der Waals surface area contributed by atoms with Crippen LogP contribution in [-0.4, -0.2) is 54.5 Å². The minimum atomic E-state index is -1.50. The van der Waals surface area contributed by atoms with Gasteiger partial charge < -0.3 is 25.0 Å². The van der Waals surface area contributed by atoms with Crippen LogP contribution in [0.3, 0.4) is 0 Å². The average Bonchev–Trinajstić information content (AvgIpc) is 3.19. The highest BCUT2D eigenvalue weighted by Crippen LogP contribution is 2.44. The Labute approximate surface area is 201 Å². The summed E-state index contributed by atoms with van der Waals surface area (Å²) in [6.45, 7) is -0.705. The Hall–Kier alpha value is -4.37. The first-order valence-electron chi connectivity index (χ1n) is 10.9.